The summed E-state index contributed by atoms with van der Waals surface area (Å²) in [5.74, 6) is 2.75. The fraction of sp³-hybridized carbons (Fsp3) is 0.786. The van der Waals surface area contributed by atoms with Crippen molar-refractivity contribution in [1.82, 2.24) is 10.2 Å². The van der Waals surface area contributed by atoms with Gasteiger partial charge in [0.1, 0.15) is 0 Å². The topological polar surface area (TPSA) is 32.3 Å². The summed E-state index contributed by atoms with van der Waals surface area (Å²) in [4.78, 5) is 14.0. The van der Waals surface area contributed by atoms with E-state index in [0.29, 0.717) is 18.9 Å². The number of nitrogens with one attached hydrogen (secondary N) is 1. The van der Waals surface area contributed by atoms with E-state index in [1.807, 2.05) is 4.90 Å². The summed E-state index contributed by atoms with van der Waals surface area (Å²) in [5, 5.41) is 3.44. The molecule has 1 rings (SSSR count). The molecule has 1 atom stereocenters. The summed E-state index contributed by atoms with van der Waals surface area (Å²) in [6.07, 6.45) is 10.9. The van der Waals surface area contributed by atoms with E-state index in [4.69, 9.17) is 6.42 Å². The van der Waals surface area contributed by atoms with Crippen LogP contribution in [0.1, 0.15) is 45.4 Å². The lowest BCUT2D eigenvalue weighted by molar-refractivity contribution is -0.131. The molecule has 0 spiro atoms. The number of carbonyl (C=O) groups is 1. The second-order valence-corrected chi connectivity index (χ2v) is 4.69. The maximum absolute atomic E-state index is 12.0. The molecule has 1 fully saturated rings. The van der Waals surface area contributed by atoms with Gasteiger partial charge >= 0.3 is 0 Å². The molecule has 1 aliphatic heterocycles. The van der Waals surface area contributed by atoms with Crippen molar-refractivity contribution >= 4 is 5.91 Å². The van der Waals surface area contributed by atoms with Crippen LogP contribution in [-0.2, 0) is 4.79 Å². The number of hydrogen-bond donors (Lipinski definition) is 1. The highest BCUT2D eigenvalue weighted by Crippen LogP contribution is 2.09. The van der Waals surface area contributed by atoms with Gasteiger partial charge in [0, 0.05) is 32.0 Å². The van der Waals surface area contributed by atoms with Crippen molar-refractivity contribution in [3.63, 3.8) is 0 Å². The fourth-order valence-electron chi connectivity index (χ4n) is 2.18. The molecule has 1 N–H and O–H groups in total. The monoisotopic (exact) mass is 236 g/mol. The largest absolute Gasteiger partial charge is 0.341 e. The van der Waals surface area contributed by atoms with Crippen LogP contribution in [0.25, 0.3) is 0 Å². The van der Waals surface area contributed by atoms with Gasteiger partial charge in [0.15, 0.2) is 0 Å². The van der Waals surface area contributed by atoms with E-state index in [0.717, 1.165) is 32.5 Å². The number of rotatable bonds is 7. The van der Waals surface area contributed by atoms with Crippen molar-refractivity contribution in [1.29, 1.82) is 0 Å². The quantitative estimate of drug-likeness (QED) is 0.683. The van der Waals surface area contributed by atoms with Crippen LogP contribution in [0, 0.1) is 12.3 Å². The minimum atomic E-state index is 0.213. The van der Waals surface area contributed by atoms with Gasteiger partial charge in [-0.2, -0.15) is 0 Å². The predicted molar refractivity (Wildman–Crippen MR) is 70.6 cm³/mol. The van der Waals surface area contributed by atoms with Crippen molar-refractivity contribution in [3.8, 4) is 12.3 Å². The van der Waals surface area contributed by atoms with E-state index in [1.165, 1.54) is 12.8 Å². The van der Waals surface area contributed by atoms with Crippen LogP contribution in [0.2, 0.25) is 0 Å². The van der Waals surface area contributed by atoms with Crippen LogP contribution in [0.5, 0.6) is 0 Å². The number of terminal acetylenes is 1. The van der Waals surface area contributed by atoms with Crippen LogP contribution in [0.4, 0.5) is 0 Å². The normalized spacial score (nSPS) is 18.9. The van der Waals surface area contributed by atoms with Gasteiger partial charge in [-0.15, -0.1) is 12.3 Å². The third-order valence-electron chi connectivity index (χ3n) is 3.22. The lowest BCUT2D eigenvalue weighted by atomic mass is 10.2. The highest BCUT2D eigenvalue weighted by molar-refractivity contribution is 5.76. The number of unbranched alkanes of at least 4 members (excludes halogenated alkanes) is 1. The first-order valence-electron chi connectivity index (χ1n) is 6.72. The van der Waals surface area contributed by atoms with Crippen LogP contribution in [-0.4, -0.2) is 36.5 Å². The van der Waals surface area contributed by atoms with Gasteiger partial charge in [-0.05, 0) is 25.8 Å². The zero-order chi connectivity index (χ0) is 12.5. The summed E-state index contributed by atoms with van der Waals surface area (Å²) < 4.78 is 0. The molecular weight excluding hydrogens is 212 g/mol. The van der Waals surface area contributed by atoms with Crippen LogP contribution in [0.3, 0.4) is 0 Å². The molecule has 0 aromatic rings. The lowest BCUT2D eigenvalue weighted by Gasteiger charge is -2.25. The summed E-state index contributed by atoms with van der Waals surface area (Å²) >= 11 is 0. The third kappa shape index (κ3) is 5.23. The minimum Gasteiger partial charge on any atom is -0.341 e. The van der Waals surface area contributed by atoms with Crippen LogP contribution in [0.15, 0.2) is 0 Å². The van der Waals surface area contributed by atoms with Crippen molar-refractivity contribution in [2.45, 2.75) is 51.5 Å². The van der Waals surface area contributed by atoms with Gasteiger partial charge in [-0.1, -0.05) is 13.3 Å². The number of carbonyl (C=O) groups excluding carboxylic acids is 1. The average molecular weight is 236 g/mol. The molecule has 17 heavy (non-hydrogen) atoms. The molecule has 1 amide bonds. The SMILES string of the molecule is C#CCCC(=O)N(CCCC)CC1CCCN1. The molecule has 3 heteroatoms. The molecule has 96 valence electrons. The van der Waals surface area contributed by atoms with Gasteiger partial charge in [-0.25, -0.2) is 0 Å². The van der Waals surface area contributed by atoms with E-state index < -0.39 is 0 Å². The molecule has 0 aliphatic carbocycles. The molecule has 3 nitrogen and oxygen atoms in total. The summed E-state index contributed by atoms with van der Waals surface area (Å²) in [6, 6.07) is 0.488. The number of nitrogens with zero attached hydrogens (tertiary/aromatic N) is 1. The van der Waals surface area contributed by atoms with Crippen molar-refractivity contribution in [2.75, 3.05) is 19.6 Å². The Morgan fingerprint density at radius 2 is 2.41 bits per heavy atom. The Bertz CT molecular complexity index is 264. The molecule has 1 aliphatic rings. The van der Waals surface area contributed by atoms with Gasteiger partial charge in [0.05, 0.1) is 0 Å². The molecule has 1 saturated heterocycles. The number of hydrogen-bond acceptors (Lipinski definition) is 2. The van der Waals surface area contributed by atoms with E-state index in [-0.39, 0.29) is 5.91 Å². The molecule has 1 unspecified atom stereocenters. The summed E-state index contributed by atoms with van der Waals surface area (Å²) in [5.41, 5.74) is 0. The maximum atomic E-state index is 12.0. The number of amides is 1. The average Bonchev–Trinajstić information content (AvgIpc) is 2.84. The zero-order valence-corrected chi connectivity index (χ0v) is 10.9. The zero-order valence-electron chi connectivity index (χ0n) is 10.9. The highest BCUT2D eigenvalue weighted by atomic mass is 16.2. The third-order valence-corrected chi connectivity index (χ3v) is 3.22. The Morgan fingerprint density at radius 3 is 3.00 bits per heavy atom. The molecule has 0 aromatic heterocycles. The Balaban J connectivity index is 2.40. The van der Waals surface area contributed by atoms with Gasteiger partial charge in [-0.3, -0.25) is 4.79 Å². The molecular formula is C14H24N2O. The van der Waals surface area contributed by atoms with E-state index in [9.17, 15) is 4.79 Å². The Labute approximate surface area is 105 Å². The van der Waals surface area contributed by atoms with Gasteiger partial charge in [0.25, 0.3) is 0 Å². The molecule has 0 aromatic carbocycles. The smallest absolute Gasteiger partial charge is 0.223 e. The predicted octanol–water partition coefficient (Wildman–Crippen LogP) is 1.78. The van der Waals surface area contributed by atoms with Gasteiger partial charge in [0.2, 0.25) is 5.91 Å². The van der Waals surface area contributed by atoms with Gasteiger partial charge < -0.3 is 10.2 Å². The lowest BCUT2D eigenvalue weighted by Crippen LogP contribution is -2.41. The second-order valence-electron chi connectivity index (χ2n) is 4.69. The molecule has 0 saturated carbocycles. The van der Waals surface area contributed by atoms with E-state index in [1.54, 1.807) is 0 Å². The molecule has 0 bridgehead atoms. The highest BCUT2D eigenvalue weighted by Gasteiger charge is 2.20. The second kappa shape index (κ2) is 8.14. The molecule has 1 heterocycles. The van der Waals surface area contributed by atoms with Crippen molar-refractivity contribution < 1.29 is 4.79 Å². The van der Waals surface area contributed by atoms with Crippen LogP contribution < -0.4 is 5.32 Å². The summed E-state index contributed by atoms with van der Waals surface area (Å²) in [6.45, 7) is 4.96. The Morgan fingerprint density at radius 1 is 1.59 bits per heavy atom. The van der Waals surface area contributed by atoms with Crippen molar-refractivity contribution in [2.24, 2.45) is 0 Å². The van der Waals surface area contributed by atoms with E-state index in [2.05, 4.69) is 18.2 Å². The van der Waals surface area contributed by atoms with Crippen molar-refractivity contribution in [3.05, 3.63) is 0 Å². The molecule has 0 radical (unpaired) electrons. The van der Waals surface area contributed by atoms with E-state index >= 15 is 0 Å². The first-order chi connectivity index (χ1) is 8.27. The Kier molecular flexibility index (Phi) is 6.73. The minimum absolute atomic E-state index is 0.213. The Hall–Kier alpha value is -1.01. The first-order valence-corrected chi connectivity index (χ1v) is 6.72. The standard InChI is InChI=1S/C14H24N2O/c1-3-5-9-14(17)16(11-6-4-2)12-13-8-7-10-15-13/h1,13,15H,4-12H2,2H3. The van der Waals surface area contributed by atoms with Crippen LogP contribution >= 0.6 is 0 Å². The summed E-state index contributed by atoms with van der Waals surface area (Å²) in [7, 11) is 0. The first kappa shape index (κ1) is 14.1. The maximum Gasteiger partial charge on any atom is 0.223 e. The fourth-order valence-corrected chi connectivity index (χ4v) is 2.18.